The summed E-state index contributed by atoms with van der Waals surface area (Å²) in [6.07, 6.45) is 1.22. The fraction of sp³-hybridized carbons (Fsp3) is 0.231. The largest absolute Gasteiger partial charge is 0.497 e. The first kappa shape index (κ1) is 22.9. The number of benzene rings is 3. The highest BCUT2D eigenvalue weighted by Gasteiger charge is 2.34. The molecule has 0 unspecified atom stereocenters. The minimum absolute atomic E-state index is 0.0463. The average molecular weight is 491 g/mol. The van der Waals surface area contributed by atoms with Crippen molar-refractivity contribution in [2.45, 2.75) is 17.7 Å². The van der Waals surface area contributed by atoms with Crippen LogP contribution < -0.4 is 15.4 Å². The number of ether oxygens (including phenoxy) is 1. The molecule has 0 atom stereocenters. The van der Waals surface area contributed by atoms with Crippen LogP contribution in [0.3, 0.4) is 0 Å². The molecule has 8 nitrogen and oxygen atoms in total. The lowest BCUT2D eigenvalue weighted by atomic mass is 9.95. The number of piperidine rings is 1. The van der Waals surface area contributed by atoms with E-state index in [1.807, 2.05) is 59.5 Å². The van der Waals surface area contributed by atoms with Gasteiger partial charge in [-0.2, -0.15) is 8.42 Å². The van der Waals surface area contributed by atoms with E-state index < -0.39 is 10.0 Å². The third kappa shape index (κ3) is 4.72. The van der Waals surface area contributed by atoms with Crippen LogP contribution in [-0.2, 0) is 14.8 Å². The zero-order valence-corrected chi connectivity index (χ0v) is 20.1. The highest BCUT2D eigenvalue weighted by molar-refractivity contribution is 7.90. The normalized spacial score (nSPS) is 16.8. The molecule has 9 heteroatoms. The number of carbonyl (C=O) groups is 1. The second kappa shape index (κ2) is 9.42. The van der Waals surface area contributed by atoms with Gasteiger partial charge >= 0.3 is 0 Å². The Labute approximate surface area is 204 Å². The number of sulfonamides is 1. The first-order valence-electron chi connectivity index (χ1n) is 11.4. The number of methoxy groups -OCH3 is 1. The van der Waals surface area contributed by atoms with Gasteiger partial charge in [0.1, 0.15) is 10.6 Å². The van der Waals surface area contributed by atoms with Crippen LogP contribution in [0.2, 0.25) is 0 Å². The minimum atomic E-state index is -3.66. The minimum Gasteiger partial charge on any atom is -0.497 e. The molecule has 0 radical (unpaired) electrons. The number of fused-ring (bicyclic) bond motifs is 1. The number of hydrogen-bond donors (Lipinski definition) is 2. The Balaban J connectivity index is 1.23. The van der Waals surface area contributed by atoms with Gasteiger partial charge in [-0.3, -0.25) is 4.79 Å². The van der Waals surface area contributed by atoms with Crippen molar-refractivity contribution >= 4 is 38.8 Å². The van der Waals surface area contributed by atoms with Gasteiger partial charge in [-0.1, -0.05) is 24.3 Å². The van der Waals surface area contributed by atoms with Crippen LogP contribution in [0.4, 0.5) is 17.1 Å². The summed E-state index contributed by atoms with van der Waals surface area (Å²) in [5.41, 5.74) is 3.02. The number of amidine groups is 1. The molecule has 0 spiro atoms. The maximum atomic E-state index is 13.1. The summed E-state index contributed by atoms with van der Waals surface area (Å²) < 4.78 is 34.0. The number of nitrogens with zero attached hydrogens (tertiary/aromatic N) is 2. The molecule has 5 rings (SSSR count). The van der Waals surface area contributed by atoms with Gasteiger partial charge in [0.2, 0.25) is 5.91 Å². The second-order valence-corrected chi connectivity index (χ2v) is 10.1. The molecule has 180 valence electrons. The molecule has 2 aliphatic rings. The second-order valence-electron chi connectivity index (χ2n) is 8.54. The van der Waals surface area contributed by atoms with E-state index in [0.29, 0.717) is 43.0 Å². The molecule has 2 aliphatic heterocycles. The quantitative estimate of drug-likeness (QED) is 0.555. The maximum Gasteiger partial charge on any atom is 0.285 e. The topological polar surface area (TPSA) is 100 Å². The van der Waals surface area contributed by atoms with Crippen molar-refractivity contribution in [1.29, 1.82) is 0 Å². The summed E-state index contributed by atoms with van der Waals surface area (Å²) in [4.78, 5) is 15.3. The molecule has 35 heavy (non-hydrogen) atoms. The van der Waals surface area contributed by atoms with Crippen molar-refractivity contribution in [2.24, 2.45) is 10.3 Å². The SMILES string of the molecule is COc1ccc(Nc2ccccc2NC(=O)C2CCN(C3=NS(=O)(=O)c4ccccc43)CC2)cc1. The molecule has 1 saturated heterocycles. The fourth-order valence-corrected chi connectivity index (χ4v) is 5.66. The van der Waals surface area contributed by atoms with Crippen molar-refractivity contribution < 1.29 is 17.9 Å². The number of nitrogens with one attached hydrogen (secondary N) is 2. The van der Waals surface area contributed by atoms with E-state index >= 15 is 0 Å². The third-order valence-corrected chi connectivity index (χ3v) is 7.66. The van der Waals surface area contributed by atoms with Gasteiger partial charge in [-0.05, 0) is 61.4 Å². The lowest BCUT2D eigenvalue weighted by Crippen LogP contribution is -2.41. The number of likely N-dealkylation sites (tertiary alicyclic amines) is 1. The first-order chi connectivity index (χ1) is 16.9. The van der Waals surface area contributed by atoms with Crippen LogP contribution in [0.5, 0.6) is 5.75 Å². The predicted molar refractivity (Wildman–Crippen MR) is 136 cm³/mol. The molecular formula is C26H26N4O4S. The highest BCUT2D eigenvalue weighted by atomic mass is 32.2. The Morgan fingerprint density at radius 1 is 0.943 bits per heavy atom. The molecule has 0 bridgehead atoms. The summed E-state index contributed by atoms with van der Waals surface area (Å²) in [6.45, 7) is 1.12. The number of amides is 1. The van der Waals surface area contributed by atoms with Gasteiger partial charge in [0.15, 0.2) is 5.84 Å². The summed E-state index contributed by atoms with van der Waals surface area (Å²) in [5, 5.41) is 6.41. The van der Waals surface area contributed by atoms with Crippen LogP contribution in [0, 0.1) is 5.92 Å². The lowest BCUT2D eigenvalue weighted by Gasteiger charge is -2.32. The third-order valence-electron chi connectivity index (χ3n) is 6.33. The Bertz CT molecular complexity index is 1380. The van der Waals surface area contributed by atoms with E-state index in [1.165, 1.54) is 0 Å². The smallest absolute Gasteiger partial charge is 0.285 e. The highest BCUT2D eigenvalue weighted by Crippen LogP contribution is 2.31. The zero-order chi connectivity index (χ0) is 24.4. The molecule has 1 amide bonds. The van der Waals surface area contributed by atoms with Gasteiger partial charge in [0.25, 0.3) is 10.0 Å². The van der Waals surface area contributed by atoms with E-state index in [-0.39, 0.29) is 16.7 Å². The van der Waals surface area contributed by atoms with Crippen LogP contribution in [0.15, 0.2) is 82.1 Å². The number of hydrogen-bond acceptors (Lipinski definition) is 6. The standard InChI is InChI=1S/C26H26N4O4S/c1-34-20-12-10-19(11-13-20)27-22-7-3-4-8-23(22)28-26(31)18-14-16-30(17-15-18)25-21-6-2-5-9-24(21)35(32,33)29-25/h2-13,18,27H,14-17H2,1H3,(H,28,31). The van der Waals surface area contributed by atoms with Crippen molar-refractivity contribution in [3.63, 3.8) is 0 Å². The van der Waals surface area contributed by atoms with Gasteiger partial charge in [0, 0.05) is 30.3 Å². The Morgan fingerprint density at radius 3 is 2.31 bits per heavy atom. The maximum absolute atomic E-state index is 13.1. The Morgan fingerprint density at radius 2 is 1.60 bits per heavy atom. The van der Waals surface area contributed by atoms with Crippen molar-refractivity contribution in [1.82, 2.24) is 4.90 Å². The van der Waals surface area contributed by atoms with Crippen LogP contribution in [0.1, 0.15) is 18.4 Å². The summed E-state index contributed by atoms with van der Waals surface area (Å²) >= 11 is 0. The van der Waals surface area contributed by atoms with E-state index in [4.69, 9.17) is 4.74 Å². The average Bonchev–Trinajstić information content (AvgIpc) is 3.16. The van der Waals surface area contributed by atoms with Gasteiger partial charge in [-0.25, -0.2) is 0 Å². The molecule has 3 aromatic carbocycles. The zero-order valence-electron chi connectivity index (χ0n) is 19.3. The van der Waals surface area contributed by atoms with E-state index in [9.17, 15) is 13.2 Å². The molecule has 0 saturated carbocycles. The van der Waals surface area contributed by atoms with Crippen LogP contribution in [0.25, 0.3) is 0 Å². The van der Waals surface area contributed by atoms with E-state index in [0.717, 1.165) is 17.1 Å². The lowest BCUT2D eigenvalue weighted by molar-refractivity contribution is -0.120. The monoisotopic (exact) mass is 490 g/mol. The Kier molecular flexibility index (Phi) is 6.17. The fourth-order valence-electron chi connectivity index (χ4n) is 4.44. The van der Waals surface area contributed by atoms with Crippen molar-refractivity contribution in [3.8, 4) is 5.75 Å². The molecule has 2 heterocycles. The molecule has 0 aliphatic carbocycles. The number of rotatable bonds is 5. The number of para-hydroxylation sites is 2. The molecule has 3 aromatic rings. The van der Waals surface area contributed by atoms with Gasteiger partial charge in [0.05, 0.1) is 18.5 Å². The van der Waals surface area contributed by atoms with E-state index in [1.54, 1.807) is 25.3 Å². The summed E-state index contributed by atoms with van der Waals surface area (Å²) in [7, 11) is -2.03. The van der Waals surface area contributed by atoms with Crippen molar-refractivity contribution in [3.05, 3.63) is 78.4 Å². The number of carbonyl (C=O) groups excluding carboxylic acids is 1. The van der Waals surface area contributed by atoms with Crippen LogP contribution >= 0.6 is 0 Å². The van der Waals surface area contributed by atoms with Crippen LogP contribution in [-0.4, -0.2) is 45.3 Å². The summed E-state index contributed by atoms with van der Waals surface area (Å²) in [6, 6.07) is 22.0. The Hall–Kier alpha value is -3.85. The first-order valence-corrected chi connectivity index (χ1v) is 12.9. The molecule has 1 fully saturated rings. The number of anilines is 3. The summed E-state index contributed by atoms with van der Waals surface area (Å²) in [5.74, 6) is 1.03. The van der Waals surface area contributed by atoms with Crippen molar-refractivity contribution in [2.75, 3.05) is 30.8 Å². The van der Waals surface area contributed by atoms with Gasteiger partial charge < -0.3 is 20.3 Å². The predicted octanol–water partition coefficient (Wildman–Crippen LogP) is 4.24. The molecule has 0 aromatic heterocycles. The van der Waals surface area contributed by atoms with Gasteiger partial charge in [-0.15, -0.1) is 4.40 Å². The van der Waals surface area contributed by atoms with E-state index in [2.05, 4.69) is 15.0 Å². The molecule has 2 N–H and O–H groups in total. The molecular weight excluding hydrogens is 464 g/mol.